The first-order valence-corrected chi connectivity index (χ1v) is 26.8. The Balaban J connectivity index is 3.61. The lowest BCUT2D eigenvalue weighted by molar-refractivity contribution is -0.142. The van der Waals surface area contributed by atoms with Crippen molar-refractivity contribution < 1.29 is 43.5 Å². The topological polar surface area (TPSA) is 516 Å². The molecule has 0 saturated carbocycles. The Hall–Kier alpha value is -6.04. The molecule has 0 saturated heterocycles. The van der Waals surface area contributed by atoms with Crippen LogP contribution < -0.4 is 88.8 Å². The molecule has 28 heteroatoms. The van der Waals surface area contributed by atoms with Crippen LogP contribution in [0.4, 0.5) is 0 Å². The summed E-state index contributed by atoms with van der Waals surface area (Å²) in [7, 11) is 0. The lowest BCUT2D eigenvalue weighted by atomic mass is 10.0. The van der Waals surface area contributed by atoms with Crippen molar-refractivity contribution in [2.75, 3.05) is 45.8 Å². The van der Waals surface area contributed by atoms with Crippen LogP contribution in [0.1, 0.15) is 134 Å². The summed E-state index contributed by atoms with van der Waals surface area (Å²) in [5.74, 6) is -6.53. The van der Waals surface area contributed by atoms with E-state index in [2.05, 4.69) is 52.2 Å². The lowest BCUT2D eigenvalue weighted by Crippen LogP contribution is -2.60. The number of guanidine groups is 1. The molecule has 0 aliphatic heterocycles. The summed E-state index contributed by atoms with van der Waals surface area (Å²) >= 11 is 0. The van der Waals surface area contributed by atoms with Crippen LogP contribution in [-0.2, 0) is 44.8 Å². The fourth-order valence-electron chi connectivity index (χ4n) is 7.95. The van der Waals surface area contributed by atoms with Gasteiger partial charge in [0.25, 0.3) is 0 Å². The summed E-state index contributed by atoms with van der Waals surface area (Å²) in [6.45, 7) is 2.04. The maximum atomic E-state index is 14.5. The van der Waals surface area contributed by atoms with Gasteiger partial charge in [-0.2, -0.15) is 0 Å². The van der Waals surface area contributed by atoms with Gasteiger partial charge in [0, 0.05) is 24.9 Å². The van der Waals surface area contributed by atoms with E-state index in [0.717, 1.165) is 0 Å². The molecule has 8 atom stereocenters. The van der Waals surface area contributed by atoms with Crippen molar-refractivity contribution in [3.8, 4) is 0 Å². The molecule has 0 spiro atoms. The van der Waals surface area contributed by atoms with Crippen LogP contribution in [0.3, 0.4) is 0 Å². The summed E-state index contributed by atoms with van der Waals surface area (Å²) in [5, 5.41) is 28.8. The summed E-state index contributed by atoms with van der Waals surface area (Å²) in [6.07, 6.45) is 9.61. The highest BCUT2D eigenvalue weighted by Gasteiger charge is 2.34. The SMILES string of the molecule is NCCCC[C@H](NC(=O)[C@H](CCCCN)NC(=O)[C@H](CCCN=C(N)N)NC(=O)[C@H](CCCCN)NC(=O)[C@H](Cc1cnc[nH]1)NC(=O)[C@H](CCCCN)NC(=O)[C@H](CCCCN)NC(=O)[C@@H](N)CCCCN)C(=O)O. The minimum atomic E-state index is -1.37. The minimum absolute atomic E-state index is 0.0401. The highest BCUT2D eigenvalue weighted by atomic mass is 16.4. The summed E-state index contributed by atoms with van der Waals surface area (Å²) in [5.41, 5.74) is 51.9. The van der Waals surface area contributed by atoms with Crippen molar-refractivity contribution in [3.05, 3.63) is 18.2 Å². The molecule has 7 amide bonds. The zero-order chi connectivity index (χ0) is 56.7. The van der Waals surface area contributed by atoms with Crippen LogP contribution in [-0.4, -0.2) is 163 Å². The number of carbonyl (C=O) groups excluding carboxylic acids is 7. The number of amides is 7. The number of nitrogens with one attached hydrogen (secondary N) is 8. The molecule has 76 heavy (non-hydrogen) atoms. The molecule has 27 N–H and O–H groups in total. The van der Waals surface area contributed by atoms with Gasteiger partial charge in [-0.15, -0.1) is 0 Å². The van der Waals surface area contributed by atoms with Crippen molar-refractivity contribution in [2.24, 2.45) is 56.6 Å². The number of carboxylic acid groups (broad SMARTS) is 1. The minimum Gasteiger partial charge on any atom is -0.480 e. The predicted molar refractivity (Wildman–Crippen MR) is 289 cm³/mol. The number of aliphatic carboxylic acids is 1. The molecule has 0 radical (unpaired) electrons. The highest BCUT2D eigenvalue weighted by molar-refractivity contribution is 5.97. The van der Waals surface area contributed by atoms with Crippen LogP contribution in [0.5, 0.6) is 0 Å². The van der Waals surface area contributed by atoms with Gasteiger partial charge in [-0.05, 0) is 161 Å². The Bertz CT molecular complexity index is 1870. The monoisotopic (exact) mass is 1080 g/mol. The van der Waals surface area contributed by atoms with Gasteiger partial charge in [-0.1, -0.05) is 6.42 Å². The summed E-state index contributed by atoms with van der Waals surface area (Å²) < 4.78 is 0. The average Bonchev–Trinajstić information content (AvgIpc) is 3.90. The molecule has 0 unspecified atom stereocenters. The second kappa shape index (κ2) is 41.2. The van der Waals surface area contributed by atoms with Crippen LogP contribution in [0.25, 0.3) is 0 Å². The number of rotatable bonds is 45. The molecule has 0 aliphatic carbocycles. The number of aromatic amines is 1. The number of carbonyl (C=O) groups is 8. The number of hydrogen-bond donors (Lipinski definition) is 18. The molecule has 28 nitrogen and oxygen atoms in total. The number of nitrogens with zero attached hydrogens (tertiary/aromatic N) is 2. The first-order chi connectivity index (χ1) is 36.5. The van der Waals surface area contributed by atoms with Crippen LogP contribution in [0.15, 0.2) is 17.5 Å². The number of aromatic nitrogens is 2. The third-order valence-corrected chi connectivity index (χ3v) is 12.4. The van der Waals surface area contributed by atoms with Crippen molar-refractivity contribution in [1.29, 1.82) is 0 Å². The normalized spacial score (nSPS) is 14.3. The number of aliphatic imine (C=N–C) groups is 1. The van der Waals surface area contributed by atoms with Gasteiger partial charge in [0.05, 0.1) is 12.4 Å². The Kier molecular flexibility index (Phi) is 36.8. The number of unbranched alkanes of at least 4 members (excludes halogenated alkanes) is 6. The van der Waals surface area contributed by atoms with E-state index in [1.165, 1.54) is 12.5 Å². The largest absolute Gasteiger partial charge is 0.480 e. The maximum Gasteiger partial charge on any atom is 0.326 e. The van der Waals surface area contributed by atoms with Crippen LogP contribution >= 0.6 is 0 Å². The molecular weight excluding hydrogens is 987 g/mol. The number of nitrogens with two attached hydrogens (primary N) is 9. The first kappa shape index (κ1) is 68.0. The Morgan fingerprint density at radius 3 is 1.08 bits per heavy atom. The van der Waals surface area contributed by atoms with Gasteiger partial charge in [-0.3, -0.25) is 38.6 Å². The van der Waals surface area contributed by atoms with Gasteiger partial charge < -0.3 is 98.9 Å². The van der Waals surface area contributed by atoms with E-state index in [-0.39, 0.29) is 70.4 Å². The zero-order valence-corrected chi connectivity index (χ0v) is 44.4. The summed E-state index contributed by atoms with van der Waals surface area (Å²) in [6, 6.07) is -9.66. The molecule has 1 aromatic heterocycles. The van der Waals surface area contributed by atoms with Crippen molar-refractivity contribution in [2.45, 2.75) is 183 Å². The van der Waals surface area contributed by atoms with Crippen LogP contribution in [0.2, 0.25) is 0 Å². The van der Waals surface area contributed by atoms with Crippen LogP contribution in [0, 0.1) is 0 Å². The Labute approximate surface area is 446 Å². The Morgan fingerprint density at radius 2 is 0.750 bits per heavy atom. The molecule has 0 aliphatic rings. The third kappa shape index (κ3) is 29.3. The Morgan fingerprint density at radius 1 is 0.447 bits per heavy atom. The van der Waals surface area contributed by atoms with E-state index < -0.39 is 95.7 Å². The quantitative estimate of drug-likeness (QED) is 0.0167. The summed E-state index contributed by atoms with van der Waals surface area (Å²) in [4.78, 5) is 121. The van der Waals surface area contributed by atoms with E-state index in [4.69, 9.17) is 51.6 Å². The number of carboxylic acids is 1. The van der Waals surface area contributed by atoms with Gasteiger partial charge in [0.1, 0.15) is 42.3 Å². The molecule has 0 fully saturated rings. The fraction of sp³-hybridized carbons (Fsp3) is 0.750. The second-order valence-electron chi connectivity index (χ2n) is 18.8. The van der Waals surface area contributed by atoms with Gasteiger partial charge in [0.2, 0.25) is 41.4 Å². The number of imidazole rings is 1. The predicted octanol–water partition coefficient (Wildman–Crippen LogP) is -4.41. The van der Waals surface area contributed by atoms with Gasteiger partial charge in [0.15, 0.2) is 5.96 Å². The molecule has 1 heterocycles. The number of H-pyrrole nitrogens is 1. The average molecular weight is 1080 g/mol. The van der Waals surface area contributed by atoms with Gasteiger partial charge >= 0.3 is 5.97 Å². The van der Waals surface area contributed by atoms with E-state index in [1.807, 2.05) is 0 Å². The van der Waals surface area contributed by atoms with Crippen molar-refractivity contribution >= 4 is 53.3 Å². The molecule has 1 aromatic rings. The molecule has 0 bridgehead atoms. The van der Waals surface area contributed by atoms with E-state index >= 15 is 0 Å². The maximum absolute atomic E-state index is 14.5. The lowest BCUT2D eigenvalue weighted by Gasteiger charge is -2.28. The smallest absolute Gasteiger partial charge is 0.326 e. The molecular formula is C48H93N19O9. The van der Waals surface area contributed by atoms with Crippen molar-refractivity contribution in [1.82, 2.24) is 47.2 Å². The fourth-order valence-corrected chi connectivity index (χ4v) is 7.95. The molecule has 0 aromatic carbocycles. The van der Waals surface area contributed by atoms with E-state index in [1.54, 1.807) is 0 Å². The molecule has 1 rings (SSSR count). The molecule has 434 valence electrons. The zero-order valence-electron chi connectivity index (χ0n) is 44.4. The van der Waals surface area contributed by atoms with Crippen molar-refractivity contribution in [3.63, 3.8) is 0 Å². The van der Waals surface area contributed by atoms with Gasteiger partial charge in [-0.25, -0.2) is 9.78 Å². The number of hydrogen-bond acceptors (Lipinski definition) is 17. The van der Waals surface area contributed by atoms with E-state index in [9.17, 15) is 43.5 Å². The highest BCUT2D eigenvalue weighted by Crippen LogP contribution is 2.12. The third-order valence-electron chi connectivity index (χ3n) is 12.4. The standard InChI is InChI=1S/C48H93N19O9/c49-21-7-1-14-32(55)40(68)61-33(15-2-8-22-50)41(69)63-36(18-5-11-25-53)45(73)67-39(28-31-29-58-30-60-31)46(74)65-34(16-3-9-23-51)42(70)64-37(20-13-27-59-48(56)57)43(71)62-35(17-4-10-24-52)44(72)66-38(47(75)76)19-6-12-26-54/h29-30,32-39H,1-28,49-55H2,(H,58,60)(H,61,68)(H,62,71)(H,63,69)(H,64,70)(H,65,74)(H,66,72)(H,67,73)(H,75,76)(H4,56,57,59)/t32-,33-,34-,35-,36-,37-,38-,39-/m0/s1. The van der Waals surface area contributed by atoms with E-state index in [0.29, 0.717) is 122 Å². The first-order valence-electron chi connectivity index (χ1n) is 26.8. The second-order valence-corrected chi connectivity index (χ2v) is 18.8.